The molecule has 2 N–H and O–H groups in total. The molecule has 1 amide bonds. The van der Waals surface area contributed by atoms with Gasteiger partial charge >= 0.3 is 0 Å². The van der Waals surface area contributed by atoms with Crippen molar-refractivity contribution in [1.82, 2.24) is 10.2 Å². The van der Waals surface area contributed by atoms with Gasteiger partial charge in [-0.15, -0.1) is 0 Å². The topological polar surface area (TPSA) is 57.8 Å². The number of nitrogens with one attached hydrogen (secondary N) is 2. The highest BCUT2D eigenvalue weighted by Gasteiger charge is 2.01. The Labute approximate surface area is 83.4 Å². The largest absolute Gasteiger partial charge is 0.306 e. The number of H-pyrrole nitrogens is 1. The van der Waals surface area contributed by atoms with Crippen molar-refractivity contribution in [1.29, 1.82) is 0 Å². The van der Waals surface area contributed by atoms with Gasteiger partial charge in [-0.25, -0.2) is 0 Å². The van der Waals surface area contributed by atoms with Gasteiger partial charge in [0.05, 0.1) is 0 Å². The lowest BCUT2D eigenvalue weighted by molar-refractivity contribution is -0.112. The molecule has 4 nitrogen and oxygen atoms in total. The molecule has 0 saturated heterocycles. The lowest BCUT2D eigenvalue weighted by Crippen LogP contribution is -2.08. The van der Waals surface area contributed by atoms with Crippen LogP contribution in [-0.4, -0.2) is 16.1 Å². The van der Waals surface area contributed by atoms with Crippen LogP contribution in [0.3, 0.4) is 0 Å². The number of amides is 1. The summed E-state index contributed by atoms with van der Waals surface area (Å²) in [6.07, 6.45) is 2.42. The minimum atomic E-state index is -0.140. The Kier molecular flexibility index (Phi) is 3.45. The maximum Gasteiger partial charge on any atom is 0.249 e. The first-order valence-corrected chi connectivity index (χ1v) is 4.62. The SMILES string of the molecule is CCc1cc(NC(=O)C=C(C)C)n[nH]1. The Morgan fingerprint density at radius 2 is 2.36 bits per heavy atom. The molecule has 0 fully saturated rings. The van der Waals surface area contributed by atoms with E-state index < -0.39 is 0 Å². The summed E-state index contributed by atoms with van der Waals surface area (Å²) in [5.41, 5.74) is 1.98. The maximum atomic E-state index is 11.3. The van der Waals surface area contributed by atoms with Gasteiger partial charge in [-0.1, -0.05) is 12.5 Å². The number of allylic oxidation sites excluding steroid dienone is 1. The van der Waals surface area contributed by atoms with Crippen molar-refractivity contribution in [3.05, 3.63) is 23.4 Å². The number of hydrogen-bond donors (Lipinski definition) is 2. The zero-order valence-corrected chi connectivity index (χ0v) is 8.72. The van der Waals surface area contributed by atoms with E-state index in [1.54, 1.807) is 6.08 Å². The van der Waals surface area contributed by atoms with Gasteiger partial charge in [-0.2, -0.15) is 5.10 Å². The average Bonchev–Trinajstić information content (AvgIpc) is 2.50. The summed E-state index contributed by atoms with van der Waals surface area (Å²) in [5.74, 6) is 0.434. The lowest BCUT2D eigenvalue weighted by atomic mass is 10.3. The molecule has 0 aliphatic heterocycles. The van der Waals surface area contributed by atoms with E-state index in [-0.39, 0.29) is 5.91 Å². The summed E-state index contributed by atoms with van der Waals surface area (Å²) in [5, 5.41) is 9.45. The van der Waals surface area contributed by atoms with Crippen molar-refractivity contribution in [2.45, 2.75) is 27.2 Å². The molecule has 4 heteroatoms. The van der Waals surface area contributed by atoms with Crippen LogP contribution in [-0.2, 0) is 11.2 Å². The first-order chi connectivity index (χ1) is 6.61. The third-order valence-corrected chi connectivity index (χ3v) is 1.68. The van der Waals surface area contributed by atoms with E-state index in [9.17, 15) is 4.79 Å². The van der Waals surface area contributed by atoms with Crippen LogP contribution in [0.4, 0.5) is 5.82 Å². The molecular weight excluding hydrogens is 178 g/mol. The van der Waals surface area contributed by atoms with E-state index in [1.807, 2.05) is 26.8 Å². The second kappa shape index (κ2) is 4.60. The van der Waals surface area contributed by atoms with E-state index in [2.05, 4.69) is 15.5 Å². The normalized spacial score (nSPS) is 9.64. The molecule has 0 saturated carbocycles. The molecule has 0 unspecified atom stereocenters. The number of anilines is 1. The van der Waals surface area contributed by atoms with Gasteiger partial charge in [-0.3, -0.25) is 9.89 Å². The standard InChI is InChI=1S/C10H15N3O/c1-4-8-6-9(13-12-8)11-10(14)5-7(2)3/h5-6H,4H2,1-3H3,(H2,11,12,13,14). The Morgan fingerprint density at radius 1 is 1.64 bits per heavy atom. The third kappa shape index (κ3) is 3.05. The first kappa shape index (κ1) is 10.5. The highest BCUT2D eigenvalue weighted by molar-refractivity contribution is 5.98. The highest BCUT2D eigenvalue weighted by atomic mass is 16.1. The number of aromatic nitrogens is 2. The van der Waals surface area contributed by atoms with Crippen molar-refractivity contribution in [3.8, 4) is 0 Å². The summed E-state index contributed by atoms with van der Waals surface area (Å²) < 4.78 is 0. The summed E-state index contributed by atoms with van der Waals surface area (Å²) in [6.45, 7) is 5.78. The van der Waals surface area contributed by atoms with Crippen LogP contribution < -0.4 is 5.32 Å². The zero-order valence-electron chi connectivity index (χ0n) is 8.72. The molecule has 0 atom stereocenters. The molecule has 1 aromatic rings. The Hall–Kier alpha value is -1.58. The molecule has 1 aromatic heterocycles. The molecule has 0 aromatic carbocycles. The van der Waals surface area contributed by atoms with E-state index in [0.717, 1.165) is 17.7 Å². The van der Waals surface area contributed by atoms with Crippen LogP contribution in [0.15, 0.2) is 17.7 Å². The fourth-order valence-corrected chi connectivity index (χ4v) is 1.03. The van der Waals surface area contributed by atoms with Gasteiger partial charge in [-0.05, 0) is 20.3 Å². The van der Waals surface area contributed by atoms with Gasteiger partial charge in [0, 0.05) is 17.8 Å². The number of aryl methyl sites for hydroxylation is 1. The Bertz CT molecular complexity index is 348. The van der Waals surface area contributed by atoms with Crippen molar-refractivity contribution in [2.75, 3.05) is 5.32 Å². The third-order valence-electron chi connectivity index (χ3n) is 1.68. The fourth-order valence-electron chi connectivity index (χ4n) is 1.03. The predicted molar refractivity (Wildman–Crippen MR) is 56.0 cm³/mol. The monoisotopic (exact) mass is 193 g/mol. The summed E-state index contributed by atoms with van der Waals surface area (Å²) in [4.78, 5) is 11.3. The molecule has 0 spiro atoms. The second-order valence-corrected chi connectivity index (χ2v) is 3.34. The average molecular weight is 193 g/mol. The summed E-state index contributed by atoms with van der Waals surface area (Å²) in [7, 11) is 0. The minimum Gasteiger partial charge on any atom is -0.306 e. The maximum absolute atomic E-state index is 11.3. The van der Waals surface area contributed by atoms with E-state index in [4.69, 9.17) is 0 Å². The molecule has 0 radical (unpaired) electrons. The number of carbonyl (C=O) groups is 1. The summed E-state index contributed by atoms with van der Waals surface area (Å²) >= 11 is 0. The smallest absolute Gasteiger partial charge is 0.249 e. The first-order valence-electron chi connectivity index (χ1n) is 4.62. The molecule has 1 rings (SSSR count). The fraction of sp³-hybridized carbons (Fsp3) is 0.400. The molecule has 0 bridgehead atoms. The molecular formula is C10H15N3O. The molecule has 0 aliphatic rings. The molecule has 1 heterocycles. The molecule has 76 valence electrons. The second-order valence-electron chi connectivity index (χ2n) is 3.34. The van der Waals surface area contributed by atoms with Gasteiger partial charge < -0.3 is 5.32 Å². The van der Waals surface area contributed by atoms with Gasteiger partial charge in [0.1, 0.15) is 0 Å². The highest BCUT2D eigenvalue weighted by Crippen LogP contribution is 2.05. The minimum absolute atomic E-state index is 0.140. The number of aromatic amines is 1. The van der Waals surface area contributed by atoms with E-state index >= 15 is 0 Å². The van der Waals surface area contributed by atoms with Crippen LogP contribution in [0.5, 0.6) is 0 Å². The lowest BCUT2D eigenvalue weighted by Gasteiger charge is -1.95. The molecule has 0 aliphatic carbocycles. The van der Waals surface area contributed by atoms with Crippen molar-refractivity contribution in [2.24, 2.45) is 0 Å². The van der Waals surface area contributed by atoms with Gasteiger partial charge in [0.15, 0.2) is 5.82 Å². The summed E-state index contributed by atoms with van der Waals surface area (Å²) in [6, 6.07) is 1.83. The van der Waals surface area contributed by atoms with E-state index in [0.29, 0.717) is 5.82 Å². The van der Waals surface area contributed by atoms with Crippen LogP contribution in [0.25, 0.3) is 0 Å². The Morgan fingerprint density at radius 3 is 2.86 bits per heavy atom. The van der Waals surface area contributed by atoms with E-state index in [1.165, 1.54) is 0 Å². The zero-order chi connectivity index (χ0) is 10.6. The number of carbonyl (C=O) groups excluding carboxylic acids is 1. The van der Waals surface area contributed by atoms with Crippen molar-refractivity contribution < 1.29 is 4.79 Å². The van der Waals surface area contributed by atoms with Crippen LogP contribution in [0.2, 0.25) is 0 Å². The van der Waals surface area contributed by atoms with Gasteiger partial charge in [0.25, 0.3) is 0 Å². The van der Waals surface area contributed by atoms with Crippen LogP contribution in [0, 0.1) is 0 Å². The van der Waals surface area contributed by atoms with Crippen molar-refractivity contribution in [3.63, 3.8) is 0 Å². The predicted octanol–water partition coefficient (Wildman–Crippen LogP) is 1.88. The number of hydrogen-bond acceptors (Lipinski definition) is 2. The van der Waals surface area contributed by atoms with Crippen molar-refractivity contribution >= 4 is 11.7 Å². The van der Waals surface area contributed by atoms with Crippen LogP contribution in [0.1, 0.15) is 26.5 Å². The molecule has 14 heavy (non-hydrogen) atoms. The van der Waals surface area contributed by atoms with Crippen LogP contribution >= 0.6 is 0 Å². The van der Waals surface area contributed by atoms with Gasteiger partial charge in [0.2, 0.25) is 5.91 Å². The Balaban J connectivity index is 2.60. The quantitative estimate of drug-likeness (QED) is 0.720. The number of nitrogens with zero attached hydrogens (tertiary/aromatic N) is 1. The number of rotatable bonds is 3.